The number of alkyl carbamates (subject to hydrolysis) is 1. The van der Waals surface area contributed by atoms with Crippen molar-refractivity contribution in [2.75, 3.05) is 12.5 Å². The van der Waals surface area contributed by atoms with Crippen LogP contribution in [0.3, 0.4) is 0 Å². The maximum absolute atomic E-state index is 12.9. The van der Waals surface area contributed by atoms with Crippen molar-refractivity contribution in [3.63, 3.8) is 0 Å². The van der Waals surface area contributed by atoms with Crippen LogP contribution in [-0.2, 0) is 20.9 Å². The molecule has 0 spiro atoms. The predicted octanol–water partition coefficient (Wildman–Crippen LogP) is 0.487. The van der Waals surface area contributed by atoms with E-state index in [0.29, 0.717) is 6.54 Å². The number of aromatic nitrogens is 1. The molecule has 1 aromatic rings. The van der Waals surface area contributed by atoms with E-state index < -0.39 is 34.9 Å². The zero-order valence-corrected chi connectivity index (χ0v) is 17.9. The molecule has 1 saturated heterocycles. The molecule has 2 rings (SSSR count). The summed E-state index contributed by atoms with van der Waals surface area (Å²) in [4.78, 5) is 42.7. The second-order valence-corrected chi connectivity index (χ2v) is 8.92. The first-order valence-electron chi connectivity index (χ1n) is 9.33. The van der Waals surface area contributed by atoms with Crippen LogP contribution in [-0.4, -0.2) is 68.3 Å². The number of ether oxygens (including phenoxy) is 1. The van der Waals surface area contributed by atoms with Gasteiger partial charge in [-0.25, -0.2) is 4.79 Å². The highest BCUT2D eigenvalue weighted by Crippen LogP contribution is 2.39. The van der Waals surface area contributed by atoms with E-state index in [1.54, 1.807) is 24.5 Å². The molecular formula is C20H26N4O5S. The summed E-state index contributed by atoms with van der Waals surface area (Å²) in [6, 6.07) is 1.85. The maximum Gasteiger partial charge on any atom is 0.408 e. The van der Waals surface area contributed by atoms with E-state index in [9.17, 15) is 19.5 Å². The highest BCUT2D eigenvalue weighted by Gasteiger charge is 2.49. The number of carbonyl (C=O) groups is 3. The van der Waals surface area contributed by atoms with Crippen molar-refractivity contribution in [2.45, 2.75) is 50.3 Å². The number of carbonyl (C=O) groups excluding carboxylic acids is 3. The number of pyridine rings is 1. The maximum atomic E-state index is 12.9. The minimum Gasteiger partial charge on any atom is -0.436 e. The van der Waals surface area contributed by atoms with Gasteiger partial charge < -0.3 is 25.4 Å². The van der Waals surface area contributed by atoms with Crippen LogP contribution in [0.25, 0.3) is 0 Å². The van der Waals surface area contributed by atoms with Gasteiger partial charge in [-0.15, -0.1) is 18.2 Å². The fourth-order valence-electron chi connectivity index (χ4n) is 3.00. The van der Waals surface area contributed by atoms with E-state index in [0.717, 1.165) is 5.56 Å². The second-order valence-electron chi connectivity index (χ2n) is 7.32. The molecule has 0 aliphatic carbocycles. The van der Waals surface area contributed by atoms with E-state index in [1.165, 1.54) is 23.6 Å². The van der Waals surface area contributed by atoms with E-state index >= 15 is 0 Å². The van der Waals surface area contributed by atoms with Crippen molar-refractivity contribution in [3.8, 4) is 12.3 Å². The van der Waals surface area contributed by atoms with Crippen LogP contribution in [0.4, 0.5) is 4.79 Å². The number of amides is 3. The molecule has 10 heteroatoms. The Morgan fingerprint density at radius 2 is 2.10 bits per heavy atom. The average Bonchev–Trinajstić information content (AvgIpc) is 3.05. The van der Waals surface area contributed by atoms with Gasteiger partial charge in [0, 0.05) is 23.7 Å². The first-order valence-corrected chi connectivity index (χ1v) is 10.3. The van der Waals surface area contributed by atoms with Gasteiger partial charge in [0.2, 0.25) is 5.91 Å². The molecule has 1 aromatic heterocycles. The largest absolute Gasteiger partial charge is 0.436 e. The minimum absolute atomic E-state index is 0.223. The first-order chi connectivity index (χ1) is 14.2. The molecule has 1 aliphatic heterocycles. The second kappa shape index (κ2) is 10.3. The van der Waals surface area contributed by atoms with Crippen molar-refractivity contribution in [2.24, 2.45) is 0 Å². The molecule has 0 aromatic carbocycles. The van der Waals surface area contributed by atoms with Crippen molar-refractivity contribution in [1.82, 2.24) is 20.5 Å². The minimum atomic E-state index is -1.55. The fraction of sp³-hybridized carbons (Fsp3) is 0.500. The lowest BCUT2D eigenvalue weighted by Crippen LogP contribution is -2.57. The average molecular weight is 435 g/mol. The van der Waals surface area contributed by atoms with Crippen LogP contribution in [0.1, 0.15) is 26.3 Å². The van der Waals surface area contributed by atoms with Crippen LogP contribution < -0.4 is 10.6 Å². The summed E-state index contributed by atoms with van der Waals surface area (Å²) in [5.41, 5.74) is 0.878. The predicted molar refractivity (Wildman–Crippen MR) is 112 cm³/mol. The number of aliphatic hydroxyl groups excluding tert-OH is 1. The molecule has 30 heavy (non-hydrogen) atoms. The zero-order chi connectivity index (χ0) is 22.3. The standard InChI is InChI=1S/C20H26N4O5S/c1-5-10-29-19(28)23-13(2)15(25)18(27)24-12-30-20(3,4)16(24)17(26)22-11-14-6-8-21-9-7-14/h1,6-9,13,15-16,25H,10-12H2,2-4H3,(H,22,26)(H,23,28)/t13?,15?,16-/m1/s1. The summed E-state index contributed by atoms with van der Waals surface area (Å²) < 4.78 is 4.13. The van der Waals surface area contributed by atoms with Crippen LogP contribution in [0.2, 0.25) is 0 Å². The molecule has 3 atom stereocenters. The van der Waals surface area contributed by atoms with Gasteiger partial charge in [0.1, 0.15) is 6.04 Å². The van der Waals surface area contributed by atoms with Crippen molar-refractivity contribution in [3.05, 3.63) is 30.1 Å². The number of hydrogen-bond acceptors (Lipinski definition) is 7. The molecular weight excluding hydrogens is 408 g/mol. The Morgan fingerprint density at radius 3 is 2.73 bits per heavy atom. The molecule has 3 N–H and O–H groups in total. The molecule has 2 unspecified atom stereocenters. The Kier molecular flexibility index (Phi) is 8.08. The van der Waals surface area contributed by atoms with Crippen LogP contribution in [0.15, 0.2) is 24.5 Å². The molecule has 1 fully saturated rings. The van der Waals surface area contributed by atoms with Crippen LogP contribution in [0.5, 0.6) is 0 Å². The van der Waals surface area contributed by atoms with Crippen LogP contribution >= 0.6 is 11.8 Å². The van der Waals surface area contributed by atoms with Gasteiger partial charge in [-0.05, 0) is 38.5 Å². The number of aliphatic hydroxyl groups is 1. The summed E-state index contributed by atoms with van der Waals surface area (Å²) in [5.74, 6) is 1.41. The first kappa shape index (κ1) is 23.5. The number of nitrogens with zero attached hydrogens (tertiary/aromatic N) is 2. The Labute approximate surface area is 179 Å². The lowest BCUT2D eigenvalue weighted by atomic mass is 9.99. The number of rotatable bonds is 7. The fourth-order valence-corrected chi connectivity index (χ4v) is 4.14. The summed E-state index contributed by atoms with van der Waals surface area (Å²) in [7, 11) is 0. The summed E-state index contributed by atoms with van der Waals surface area (Å²) in [5, 5.41) is 15.7. The quantitative estimate of drug-likeness (QED) is 0.534. The monoisotopic (exact) mass is 434 g/mol. The molecule has 0 radical (unpaired) electrons. The normalized spacial score (nSPS) is 19.3. The number of hydrogen-bond donors (Lipinski definition) is 3. The topological polar surface area (TPSA) is 121 Å². The summed E-state index contributed by atoms with van der Waals surface area (Å²) in [6.07, 6.45) is 5.90. The van der Waals surface area contributed by atoms with Gasteiger partial charge in [0.05, 0.1) is 11.9 Å². The molecule has 0 bridgehead atoms. The number of nitrogens with one attached hydrogen (secondary N) is 2. The Morgan fingerprint density at radius 1 is 1.43 bits per heavy atom. The van der Waals surface area contributed by atoms with E-state index in [4.69, 9.17) is 6.42 Å². The smallest absolute Gasteiger partial charge is 0.408 e. The third-order valence-electron chi connectivity index (χ3n) is 4.65. The van der Waals surface area contributed by atoms with Crippen molar-refractivity contribution in [1.29, 1.82) is 0 Å². The highest BCUT2D eigenvalue weighted by atomic mass is 32.2. The third-order valence-corrected chi connectivity index (χ3v) is 6.03. The Bertz CT molecular complexity index is 811. The Balaban J connectivity index is 2.04. The van der Waals surface area contributed by atoms with Gasteiger partial charge >= 0.3 is 6.09 Å². The molecule has 3 amide bonds. The molecule has 1 aliphatic rings. The van der Waals surface area contributed by atoms with Gasteiger partial charge in [-0.3, -0.25) is 14.6 Å². The number of terminal acetylenes is 1. The third kappa shape index (κ3) is 5.87. The van der Waals surface area contributed by atoms with E-state index in [-0.39, 0.29) is 18.4 Å². The Hall–Kier alpha value is -2.77. The lowest BCUT2D eigenvalue weighted by molar-refractivity contribution is -0.147. The van der Waals surface area contributed by atoms with Gasteiger partial charge in [0.25, 0.3) is 5.91 Å². The molecule has 9 nitrogen and oxygen atoms in total. The SMILES string of the molecule is C#CCOC(=O)NC(C)C(O)C(=O)N1CSC(C)(C)[C@H]1C(=O)NCc1ccncc1. The van der Waals surface area contributed by atoms with Gasteiger partial charge in [-0.2, -0.15) is 0 Å². The van der Waals surface area contributed by atoms with Gasteiger partial charge in [-0.1, -0.05) is 5.92 Å². The summed E-state index contributed by atoms with van der Waals surface area (Å²) in [6.45, 7) is 5.27. The zero-order valence-electron chi connectivity index (χ0n) is 17.1. The highest BCUT2D eigenvalue weighted by molar-refractivity contribution is 8.00. The molecule has 162 valence electrons. The number of thioether (sulfide) groups is 1. The molecule has 2 heterocycles. The molecule has 0 saturated carbocycles. The lowest BCUT2D eigenvalue weighted by Gasteiger charge is -2.32. The van der Waals surface area contributed by atoms with E-state index in [1.807, 2.05) is 13.8 Å². The van der Waals surface area contributed by atoms with Crippen LogP contribution in [0, 0.1) is 12.3 Å². The van der Waals surface area contributed by atoms with Crippen molar-refractivity contribution >= 4 is 29.7 Å². The summed E-state index contributed by atoms with van der Waals surface area (Å²) >= 11 is 1.44. The van der Waals surface area contributed by atoms with Crippen molar-refractivity contribution < 1.29 is 24.2 Å². The van der Waals surface area contributed by atoms with Gasteiger partial charge in [0.15, 0.2) is 12.7 Å². The van der Waals surface area contributed by atoms with E-state index in [2.05, 4.69) is 26.3 Å².